The standard InChI is InChI=1S/C30H31N7O2/c1-30(2,3)16-21(17-31)29(38)36-15-7-8-22(36)18-37-28-25(27(32)33-19-34-28)26(35-37)20-11-13-24(14-12-20)39-23-9-5-4-6-10-23/h4-6,9-14,16,19,22H,7-8,15,18H2,1-3H3,(H2,32,33,34). The summed E-state index contributed by atoms with van der Waals surface area (Å²) in [7, 11) is 0. The van der Waals surface area contributed by atoms with Gasteiger partial charge in [0, 0.05) is 12.1 Å². The number of rotatable bonds is 6. The number of aromatic nitrogens is 4. The normalized spacial score (nSPS) is 15.9. The molecule has 2 N–H and O–H groups in total. The summed E-state index contributed by atoms with van der Waals surface area (Å²) in [6.45, 7) is 6.95. The first-order chi connectivity index (χ1) is 18.7. The highest BCUT2D eigenvalue weighted by molar-refractivity contribution is 5.99. The number of likely N-dealkylation sites (tertiary alicyclic amines) is 1. The Hall–Kier alpha value is -4.71. The second-order valence-electron chi connectivity index (χ2n) is 10.8. The maximum Gasteiger partial charge on any atom is 0.264 e. The molecule has 4 aromatic rings. The van der Waals surface area contributed by atoms with Crippen LogP contribution in [0.25, 0.3) is 22.3 Å². The van der Waals surface area contributed by atoms with E-state index >= 15 is 0 Å². The van der Waals surface area contributed by atoms with E-state index in [9.17, 15) is 10.1 Å². The van der Waals surface area contributed by atoms with Crippen molar-refractivity contribution in [3.8, 4) is 28.8 Å². The number of ether oxygens (including phenoxy) is 1. The Kier molecular flexibility index (Phi) is 7.03. The number of benzene rings is 2. The number of hydrogen-bond acceptors (Lipinski definition) is 7. The van der Waals surface area contributed by atoms with Gasteiger partial charge in [0.1, 0.15) is 41.0 Å². The van der Waals surface area contributed by atoms with Gasteiger partial charge in [-0.3, -0.25) is 4.79 Å². The van der Waals surface area contributed by atoms with Crippen molar-refractivity contribution < 1.29 is 9.53 Å². The first-order valence-corrected chi connectivity index (χ1v) is 13.0. The predicted octanol–water partition coefficient (Wildman–Crippen LogP) is 5.35. The van der Waals surface area contributed by atoms with Crippen molar-refractivity contribution in [3.05, 3.63) is 72.6 Å². The highest BCUT2D eigenvalue weighted by Crippen LogP contribution is 2.33. The maximum atomic E-state index is 13.3. The molecule has 1 aliphatic heterocycles. The summed E-state index contributed by atoms with van der Waals surface area (Å²) < 4.78 is 7.73. The molecule has 1 fully saturated rings. The number of anilines is 1. The minimum absolute atomic E-state index is 0.122. The van der Waals surface area contributed by atoms with Gasteiger partial charge < -0.3 is 15.4 Å². The summed E-state index contributed by atoms with van der Waals surface area (Å²) in [5, 5.41) is 15.2. The van der Waals surface area contributed by atoms with Crippen LogP contribution in [0.2, 0.25) is 0 Å². The highest BCUT2D eigenvalue weighted by atomic mass is 16.5. The molecule has 2 aromatic carbocycles. The summed E-state index contributed by atoms with van der Waals surface area (Å²) in [5.74, 6) is 1.56. The monoisotopic (exact) mass is 521 g/mol. The fraction of sp³-hybridized carbons (Fsp3) is 0.300. The van der Waals surface area contributed by atoms with Crippen molar-refractivity contribution in [1.82, 2.24) is 24.6 Å². The van der Waals surface area contributed by atoms with Crippen LogP contribution in [0, 0.1) is 16.7 Å². The zero-order chi connectivity index (χ0) is 27.6. The van der Waals surface area contributed by atoms with Crippen LogP contribution in [0.1, 0.15) is 33.6 Å². The highest BCUT2D eigenvalue weighted by Gasteiger charge is 2.32. The van der Waals surface area contributed by atoms with Crippen LogP contribution in [-0.2, 0) is 11.3 Å². The van der Waals surface area contributed by atoms with Crippen molar-refractivity contribution >= 4 is 22.8 Å². The van der Waals surface area contributed by atoms with Crippen LogP contribution in [0.4, 0.5) is 5.82 Å². The zero-order valence-corrected chi connectivity index (χ0v) is 22.3. The van der Waals surface area contributed by atoms with Crippen LogP contribution in [0.3, 0.4) is 0 Å². The lowest BCUT2D eigenvalue weighted by Gasteiger charge is -2.25. The predicted molar refractivity (Wildman–Crippen MR) is 150 cm³/mol. The SMILES string of the molecule is CC(C)(C)C=C(C#N)C(=O)N1CCCC1Cn1nc(-c2ccc(Oc3ccccc3)cc2)c2c(N)ncnc21. The number of nitrogens with two attached hydrogens (primary N) is 1. The number of amides is 1. The van der Waals surface area contributed by atoms with Crippen LogP contribution >= 0.6 is 0 Å². The molecule has 9 nitrogen and oxygen atoms in total. The summed E-state index contributed by atoms with van der Waals surface area (Å²) in [5.41, 5.74) is 8.31. The summed E-state index contributed by atoms with van der Waals surface area (Å²) in [4.78, 5) is 23.8. The molecule has 1 atom stereocenters. The second-order valence-corrected chi connectivity index (χ2v) is 10.8. The van der Waals surface area contributed by atoms with Gasteiger partial charge in [-0.05, 0) is 54.7 Å². The number of nitrogen functional groups attached to an aromatic ring is 1. The van der Waals surface area contributed by atoms with E-state index in [1.54, 1.807) is 15.7 Å². The van der Waals surface area contributed by atoms with E-state index in [-0.39, 0.29) is 22.9 Å². The lowest BCUT2D eigenvalue weighted by molar-refractivity contribution is -0.127. The molecule has 1 unspecified atom stereocenters. The molecule has 9 heteroatoms. The van der Waals surface area contributed by atoms with E-state index in [0.29, 0.717) is 41.4 Å². The Labute approximate surface area is 227 Å². The number of nitrogens with zero attached hydrogens (tertiary/aromatic N) is 6. The van der Waals surface area contributed by atoms with Gasteiger partial charge in [0.25, 0.3) is 5.91 Å². The molecule has 2 aromatic heterocycles. The number of carbonyl (C=O) groups excluding carboxylic acids is 1. The number of para-hydroxylation sites is 1. The Morgan fingerprint density at radius 3 is 2.54 bits per heavy atom. The molecular formula is C30H31N7O2. The number of fused-ring (bicyclic) bond motifs is 1. The molecule has 1 aliphatic rings. The second kappa shape index (κ2) is 10.6. The number of carbonyl (C=O) groups is 1. The first-order valence-electron chi connectivity index (χ1n) is 13.0. The molecular weight excluding hydrogens is 490 g/mol. The third-order valence-corrected chi connectivity index (χ3v) is 6.62. The lowest BCUT2D eigenvalue weighted by atomic mass is 9.93. The van der Waals surface area contributed by atoms with Gasteiger partial charge in [-0.15, -0.1) is 0 Å². The Morgan fingerprint density at radius 1 is 1.13 bits per heavy atom. The summed E-state index contributed by atoms with van der Waals surface area (Å²) in [6.07, 6.45) is 4.83. The van der Waals surface area contributed by atoms with E-state index in [1.807, 2.05) is 75.4 Å². The molecule has 0 radical (unpaired) electrons. The molecule has 0 saturated carbocycles. The summed E-state index contributed by atoms with van der Waals surface area (Å²) >= 11 is 0. The van der Waals surface area contributed by atoms with Gasteiger partial charge >= 0.3 is 0 Å². The fourth-order valence-corrected chi connectivity index (χ4v) is 4.89. The van der Waals surface area contributed by atoms with Crippen molar-refractivity contribution in [1.29, 1.82) is 5.26 Å². The Morgan fingerprint density at radius 2 is 1.85 bits per heavy atom. The molecule has 1 amide bonds. The largest absolute Gasteiger partial charge is 0.457 e. The van der Waals surface area contributed by atoms with Crippen LogP contribution in [0.15, 0.2) is 72.6 Å². The van der Waals surface area contributed by atoms with Crippen LogP contribution in [0.5, 0.6) is 11.5 Å². The summed E-state index contributed by atoms with van der Waals surface area (Å²) in [6, 6.07) is 19.2. The van der Waals surface area contributed by atoms with Crippen molar-refractivity contribution in [2.45, 2.75) is 46.2 Å². The fourth-order valence-electron chi connectivity index (χ4n) is 4.89. The first kappa shape index (κ1) is 25.9. The molecule has 5 rings (SSSR count). The van der Waals surface area contributed by atoms with E-state index in [1.165, 1.54) is 6.33 Å². The number of allylic oxidation sites excluding steroid dienone is 1. The minimum atomic E-state index is -0.279. The molecule has 0 aliphatic carbocycles. The average Bonchev–Trinajstić information content (AvgIpc) is 3.53. The average molecular weight is 522 g/mol. The molecule has 198 valence electrons. The third kappa shape index (κ3) is 5.60. The zero-order valence-electron chi connectivity index (χ0n) is 22.3. The molecule has 3 heterocycles. The number of nitriles is 1. The van der Waals surface area contributed by atoms with Gasteiger partial charge in [0.2, 0.25) is 0 Å². The molecule has 0 spiro atoms. The van der Waals surface area contributed by atoms with Crippen molar-refractivity contribution in [2.75, 3.05) is 12.3 Å². The quantitative estimate of drug-likeness (QED) is 0.268. The number of hydrogen-bond donors (Lipinski definition) is 1. The van der Waals surface area contributed by atoms with Crippen molar-refractivity contribution in [3.63, 3.8) is 0 Å². The van der Waals surface area contributed by atoms with Crippen LogP contribution < -0.4 is 10.5 Å². The smallest absolute Gasteiger partial charge is 0.264 e. The Balaban J connectivity index is 1.44. The lowest BCUT2D eigenvalue weighted by Crippen LogP contribution is -2.39. The van der Waals surface area contributed by atoms with Crippen LogP contribution in [-0.4, -0.2) is 43.1 Å². The third-order valence-electron chi connectivity index (χ3n) is 6.62. The van der Waals surface area contributed by atoms with E-state index in [4.69, 9.17) is 15.6 Å². The van der Waals surface area contributed by atoms with E-state index < -0.39 is 0 Å². The van der Waals surface area contributed by atoms with E-state index in [0.717, 1.165) is 24.2 Å². The molecule has 39 heavy (non-hydrogen) atoms. The van der Waals surface area contributed by atoms with Gasteiger partial charge in [0.15, 0.2) is 5.65 Å². The topological polar surface area (TPSA) is 123 Å². The van der Waals surface area contributed by atoms with Gasteiger partial charge in [-0.25, -0.2) is 14.6 Å². The molecule has 0 bridgehead atoms. The van der Waals surface area contributed by atoms with E-state index in [2.05, 4.69) is 16.0 Å². The van der Waals surface area contributed by atoms with Crippen molar-refractivity contribution in [2.24, 2.45) is 5.41 Å². The van der Waals surface area contributed by atoms with Gasteiger partial charge in [-0.2, -0.15) is 10.4 Å². The molecule has 1 saturated heterocycles. The maximum absolute atomic E-state index is 13.3. The minimum Gasteiger partial charge on any atom is -0.457 e. The Bertz CT molecular complexity index is 1560. The van der Waals surface area contributed by atoms with Gasteiger partial charge in [0.05, 0.1) is 18.0 Å². The van der Waals surface area contributed by atoms with Gasteiger partial charge in [-0.1, -0.05) is 45.0 Å².